The lowest BCUT2D eigenvalue weighted by molar-refractivity contribution is 0.289. The highest BCUT2D eigenvalue weighted by molar-refractivity contribution is 5.80. The van der Waals surface area contributed by atoms with E-state index in [4.69, 9.17) is 9.47 Å². The van der Waals surface area contributed by atoms with Gasteiger partial charge in [0.2, 0.25) is 0 Å². The van der Waals surface area contributed by atoms with Crippen molar-refractivity contribution in [2.45, 2.75) is 96.4 Å². The van der Waals surface area contributed by atoms with Gasteiger partial charge in [0.1, 0.15) is 23.0 Å². The predicted octanol–water partition coefficient (Wildman–Crippen LogP) is 16.4. The Kier molecular flexibility index (Phi) is 12.3. The molecule has 2 heterocycles. The molecule has 3 aromatic carbocycles. The number of allylic oxidation sites excluding steroid dienone is 19. The van der Waals surface area contributed by atoms with Gasteiger partial charge >= 0.3 is 0 Å². The molecule has 0 spiro atoms. The van der Waals surface area contributed by atoms with Gasteiger partial charge in [-0.1, -0.05) is 169 Å². The molecule has 0 amide bonds. The third kappa shape index (κ3) is 8.74. The van der Waals surface area contributed by atoms with E-state index in [-0.39, 0.29) is 16.9 Å². The number of ether oxygens (including phenoxy) is 2. The maximum absolute atomic E-state index is 6.94. The second-order valence-corrected chi connectivity index (χ2v) is 20.0. The van der Waals surface area contributed by atoms with Crippen molar-refractivity contribution in [2.75, 3.05) is 4.90 Å². The van der Waals surface area contributed by atoms with Crippen molar-refractivity contribution in [2.24, 2.45) is 0 Å². The van der Waals surface area contributed by atoms with Crippen molar-refractivity contribution in [1.29, 1.82) is 0 Å². The molecule has 0 radical (unpaired) electrons. The van der Waals surface area contributed by atoms with E-state index in [0.29, 0.717) is 18.6 Å². The van der Waals surface area contributed by atoms with Crippen LogP contribution in [0.25, 0.3) is 11.6 Å². The van der Waals surface area contributed by atoms with Gasteiger partial charge in [-0.25, -0.2) is 0 Å². The summed E-state index contributed by atoms with van der Waals surface area (Å²) in [7, 11) is 0. The zero-order chi connectivity index (χ0) is 47.9. The molecule has 1 saturated heterocycles. The topological polar surface area (TPSA) is 24.9 Å². The first kappa shape index (κ1) is 45.5. The number of benzene rings is 3. The Bertz CT molecular complexity index is 3090. The number of nitrogens with zero attached hydrogens (tertiary/aromatic N) is 2. The largest absolute Gasteiger partial charge is 0.461 e. The van der Waals surface area contributed by atoms with Gasteiger partial charge in [-0.05, 0) is 120 Å². The normalized spacial score (nSPS) is 24.1. The first-order chi connectivity index (χ1) is 33.4. The molecule has 69 heavy (non-hydrogen) atoms. The first-order valence-corrected chi connectivity index (χ1v) is 24.8. The van der Waals surface area contributed by atoms with Crippen molar-refractivity contribution >= 4 is 17.3 Å². The van der Waals surface area contributed by atoms with E-state index in [1.54, 1.807) is 0 Å². The zero-order valence-corrected chi connectivity index (χ0v) is 41.0. The SMILES string of the molecule is C=C/C(=C\C1=Cc2ccccc2C1(C)C)N(C(=C/CC)/C=C1\Cc2ccccc2C1(C)C)c1ccc2c(c1)O/C1=C/C=C3\C/C(=C\C=C2C1)O/C(=C/C(=C)N(C1=CCCC=C1)C1C=CC=CC1)C3=C. The molecule has 10 rings (SSSR count). The Morgan fingerprint density at radius 3 is 2.30 bits per heavy atom. The first-order valence-electron chi connectivity index (χ1n) is 24.8. The van der Waals surface area contributed by atoms with Crippen molar-refractivity contribution in [3.8, 4) is 5.75 Å². The van der Waals surface area contributed by atoms with Crippen molar-refractivity contribution in [3.63, 3.8) is 0 Å². The van der Waals surface area contributed by atoms with E-state index in [9.17, 15) is 0 Å². The van der Waals surface area contributed by atoms with Crippen LogP contribution in [0.2, 0.25) is 0 Å². The summed E-state index contributed by atoms with van der Waals surface area (Å²) in [4.78, 5) is 4.71. The fourth-order valence-electron chi connectivity index (χ4n) is 10.9. The number of rotatable bonds is 11. The molecule has 4 heteroatoms. The highest BCUT2D eigenvalue weighted by Gasteiger charge is 2.36. The zero-order valence-electron chi connectivity index (χ0n) is 41.0. The summed E-state index contributed by atoms with van der Waals surface area (Å²) in [5.74, 6) is 3.26. The lowest BCUT2D eigenvalue weighted by atomic mass is 9.81. The summed E-state index contributed by atoms with van der Waals surface area (Å²) >= 11 is 0. The summed E-state index contributed by atoms with van der Waals surface area (Å²) in [5, 5.41) is 0. The molecule has 5 aliphatic carbocycles. The standard InChI is InChI=1S/C65H64N2O2/c1-9-21-55(42-51-38-49-23-18-20-29-61(49)65(51,7)8)67(52(10-2)41-50-37-48-22-17-19-28-60(48)64(50,5)6)56-32-35-59-47-31-34-57-39-46(30-33-58(40-47)69-63(59)43-56)45(4)62(68-57)36-44(3)66(53-24-13-11-14-25-53)54-26-15-12-16-27-54/h10-11,13-15,17-24,26-37,41-43,53H,2-4,9,12,16,25,38-40H2,1,5-8H3/b46-30+,47-31?,51-42+,52-41+,55-21+,57-34+,58-33+,62-36+. The molecule has 3 aromatic rings. The van der Waals surface area contributed by atoms with Gasteiger partial charge in [-0.2, -0.15) is 0 Å². The summed E-state index contributed by atoms with van der Waals surface area (Å²) in [5.41, 5.74) is 17.0. The van der Waals surface area contributed by atoms with Crippen LogP contribution in [0.1, 0.15) is 101 Å². The van der Waals surface area contributed by atoms with E-state index in [0.717, 1.165) is 94.6 Å². The minimum absolute atomic E-state index is 0.121. The second kappa shape index (κ2) is 18.7. The van der Waals surface area contributed by atoms with Crippen LogP contribution in [0, 0.1) is 0 Å². The molecule has 7 aliphatic rings. The summed E-state index contributed by atoms with van der Waals surface area (Å²) < 4.78 is 13.7. The quantitative estimate of drug-likeness (QED) is 0.179. The van der Waals surface area contributed by atoms with Crippen LogP contribution in [0.15, 0.2) is 246 Å². The van der Waals surface area contributed by atoms with Crippen LogP contribution >= 0.6 is 0 Å². The summed E-state index contributed by atoms with van der Waals surface area (Å²) in [6, 6.07) is 24.5. The lowest BCUT2D eigenvalue weighted by Gasteiger charge is -2.35. The molecule has 4 nitrogen and oxygen atoms in total. The minimum Gasteiger partial charge on any atom is -0.461 e. The van der Waals surface area contributed by atoms with E-state index in [1.807, 2.05) is 6.08 Å². The van der Waals surface area contributed by atoms with Crippen LogP contribution < -0.4 is 9.64 Å². The van der Waals surface area contributed by atoms with Crippen LogP contribution in [0.5, 0.6) is 5.75 Å². The van der Waals surface area contributed by atoms with Crippen LogP contribution in [-0.2, 0) is 22.0 Å². The maximum Gasteiger partial charge on any atom is 0.136 e. The third-order valence-corrected chi connectivity index (χ3v) is 14.9. The Hall–Kier alpha value is -7.30. The highest BCUT2D eigenvalue weighted by Crippen LogP contribution is 2.47. The Balaban J connectivity index is 1.03. The average Bonchev–Trinajstić information content (AvgIpc) is 3.76. The molecular formula is C65H64N2O2. The predicted molar refractivity (Wildman–Crippen MR) is 289 cm³/mol. The van der Waals surface area contributed by atoms with Gasteiger partial charge in [0.15, 0.2) is 0 Å². The molecule has 2 aliphatic heterocycles. The van der Waals surface area contributed by atoms with Gasteiger partial charge in [0.05, 0.1) is 6.04 Å². The molecule has 1 unspecified atom stereocenters. The van der Waals surface area contributed by atoms with Crippen LogP contribution in [0.4, 0.5) is 5.69 Å². The van der Waals surface area contributed by atoms with E-state index >= 15 is 0 Å². The minimum atomic E-state index is -0.183. The number of hydrogen-bond acceptors (Lipinski definition) is 4. The molecule has 346 valence electrons. The lowest BCUT2D eigenvalue weighted by Crippen LogP contribution is -2.32. The fourth-order valence-corrected chi connectivity index (χ4v) is 10.9. The summed E-state index contributed by atoms with van der Waals surface area (Å²) in [6.07, 6.45) is 43.6. The van der Waals surface area contributed by atoms with Gasteiger partial charge in [0.25, 0.3) is 0 Å². The Labute approximate surface area is 410 Å². The van der Waals surface area contributed by atoms with Crippen LogP contribution in [-0.4, -0.2) is 10.9 Å². The monoisotopic (exact) mass is 904 g/mol. The summed E-state index contributed by atoms with van der Waals surface area (Å²) in [6.45, 7) is 25.2. The Morgan fingerprint density at radius 1 is 0.797 bits per heavy atom. The van der Waals surface area contributed by atoms with Gasteiger partial charge < -0.3 is 19.3 Å². The molecule has 0 aromatic heterocycles. The molecule has 4 bridgehead atoms. The molecule has 0 saturated carbocycles. The molecule has 1 fully saturated rings. The Morgan fingerprint density at radius 2 is 1.57 bits per heavy atom. The van der Waals surface area contributed by atoms with E-state index in [1.165, 1.54) is 39.0 Å². The van der Waals surface area contributed by atoms with Crippen molar-refractivity contribution in [3.05, 3.63) is 274 Å². The maximum atomic E-state index is 6.94. The average molecular weight is 905 g/mol. The molecular weight excluding hydrogens is 841 g/mol. The van der Waals surface area contributed by atoms with E-state index < -0.39 is 0 Å². The van der Waals surface area contributed by atoms with Gasteiger partial charge in [0, 0.05) is 75.4 Å². The second-order valence-electron chi connectivity index (χ2n) is 20.0. The van der Waals surface area contributed by atoms with Crippen molar-refractivity contribution < 1.29 is 9.47 Å². The fraction of sp³-hybridized carbons (Fsp3) is 0.231. The number of anilines is 1. The van der Waals surface area contributed by atoms with Crippen molar-refractivity contribution in [1.82, 2.24) is 4.90 Å². The molecule has 0 N–H and O–H groups in total. The van der Waals surface area contributed by atoms with Crippen LogP contribution in [0.3, 0.4) is 0 Å². The third-order valence-electron chi connectivity index (χ3n) is 14.9. The highest BCUT2D eigenvalue weighted by atomic mass is 16.5. The molecule has 1 atom stereocenters. The smallest absolute Gasteiger partial charge is 0.136 e. The van der Waals surface area contributed by atoms with E-state index in [2.05, 4.69) is 228 Å². The van der Waals surface area contributed by atoms with Gasteiger partial charge in [-0.15, -0.1) is 0 Å². The number of fused-ring (bicyclic) bond motifs is 8. The number of hydrogen-bond donors (Lipinski definition) is 0. The van der Waals surface area contributed by atoms with Gasteiger partial charge in [-0.3, -0.25) is 0 Å².